The molecule has 22 heavy (non-hydrogen) atoms. The second-order valence-electron chi connectivity index (χ2n) is 5.21. The van der Waals surface area contributed by atoms with Crippen molar-refractivity contribution in [3.63, 3.8) is 0 Å². The highest BCUT2D eigenvalue weighted by atomic mass is 16.5. The van der Waals surface area contributed by atoms with E-state index in [0.717, 1.165) is 12.8 Å². The number of hydrogen-bond donors (Lipinski definition) is 1. The summed E-state index contributed by atoms with van der Waals surface area (Å²) in [5.41, 5.74) is 0.484. The summed E-state index contributed by atoms with van der Waals surface area (Å²) in [6.45, 7) is 1.68. The van der Waals surface area contributed by atoms with Crippen molar-refractivity contribution in [2.24, 2.45) is 0 Å². The van der Waals surface area contributed by atoms with Crippen LogP contribution in [-0.2, 0) is 9.53 Å². The number of hydrogen-bond acceptors (Lipinski definition) is 4. The van der Waals surface area contributed by atoms with Gasteiger partial charge in [0.15, 0.2) is 0 Å². The van der Waals surface area contributed by atoms with Gasteiger partial charge in [-0.15, -0.1) is 0 Å². The number of nitrogens with zero attached hydrogens (tertiary/aromatic N) is 1. The monoisotopic (exact) mass is 307 g/mol. The van der Waals surface area contributed by atoms with Gasteiger partial charge in [0, 0.05) is 32.2 Å². The van der Waals surface area contributed by atoms with Gasteiger partial charge in [-0.05, 0) is 37.1 Å². The van der Waals surface area contributed by atoms with Crippen LogP contribution in [0.15, 0.2) is 24.3 Å². The number of rotatable bonds is 7. The van der Waals surface area contributed by atoms with Crippen LogP contribution in [0.4, 0.5) is 0 Å². The summed E-state index contributed by atoms with van der Waals surface area (Å²) in [6.07, 6.45) is 2.04. The minimum Gasteiger partial charge on any atom is -0.494 e. The molecule has 6 nitrogen and oxygen atoms in total. The summed E-state index contributed by atoms with van der Waals surface area (Å²) >= 11 is 0. The maximum absolute atomic E-state index is 12.4. The molecule has 2 rings (SSSR count). The van der Waals surface area contributed by atoms with Gasteiger partial charge in [0.2, 0.25) is 0 Å². The molecule has 0 saturated carbocycles. The molecule has 0 radical (unpaired) electrons. The molecule has 1 aliphatic rings. The largest absolute Gasteiger partial charge is 0.494 e. The Hall–Kier alpha value is -2.08. The lowest BCUT2D eigenvalue weighted by molar-refractivity contribution is -0.141. The first-order valence-corrected chi connectivity index (χ1v) is 7.39. The molecule has 6 heteroatoms. The van der Waals surface area contributed by atoms with Gasteiger partial charge < -0.3 is 19.5 Å². The molecule has 0 aliphatic carbocycles. The molecule has 1 saturated heterocycles. The fourth-order valence-electron chi connectivity index (χ4n) is 2.52. The summed E-state index contributed by atoms with van der Waals surface area (Å²) < 4.78 is 10.5. The number of amides is 1. The lowest BCUT2D eigenvalue weighted by Crippen LogP contribution is -2.40. The highest BCUT2D eigenvalue weighted by Gasteiger charge is 2.34. The van der Waals surface area contributed by atoms with Crippen molar-refractivity contribution in [3.05, 3.63) is 29.8 Å². The van der Waals surface area contributed by atoms with Gasteiger partial charge >= 0.3 is 5.97 Å². The fourth-order valence-corrected chi connectivity index (χ4v) is 2.52. The summed E-state index contributed by atoms with van der Waals surface area (Å²) in [5, 5.41) is 9.14. The molecule has 1 aromatic carbocycles. The van der Waals surface area contributed by atoms with Crippen LogP contribution in [-0.4, -0.2) is 54.8 Å². The van der Waals surface area contributed by atoms with E-state index >= 15 is 0 Å². The van der Waals surface area contributed by atoms with E-state index in [9.17, 15) is 9.59 Å². The molecule has 1 atom stereocenters. The van der Waals surface area contributed by atoms with Crippen LogP contribution in [0.2, 0.25) is 0 Å². The van der Waals surface area contributed by atoms with Crippen molar-refractivity contribution in [2.75, 3.05) is 26.9 Å². The smallest absolute Gasteiger partial charge is 0.326 e. The lowest BCUT2D eigenvalue weighted by Gasteiger charge is -2.21. The third-order valence-electron chi connectivity index (χ3n) is 3.66. The van der Waals surface area contributed by atoms with Crippen molar-refractivity contribution >= 4 is 11.9 Å². The first kappa shape index (κ1) is 16.3. The summed E-state index contributed by atoms with van der Waals surface area (Å²) in [7, 11) is 1.64. The second-order valence-corrected chi connectivity index (χ2v) is 5.21. The summed E-state index contributed by atoms with van der Waals surface area (Å²) in [5.74, 6) is -0.497. The average Bonchev–Trinajstić information content (AvgIpc) is 3.01. The molecule has 1 N–H and O–H groups in total. The predicted molar refractivity (Wildman–Crippen MR) is 80.1 cm³/mol. The van der Waals surface area contributed by atoms with Gasteiger partial charge in [-0.1, -0.05) is 0 Å². The van der Waals surface area contributed by atoms with E-state index in [4.69, 9.17) is 14.6 Å². The fraction of sp³-hybridized carbons (Fsp3) is 0.500. The number of carbonyl (C=O) groups excluding carboxylic acids is 1. The van der Waals surface area contributed by atoms with E-state index in [1.54, 1.807) is 31.4 Å². The highest BCUT2D eigenvalue weighted by molar-refractivity contribution is 5.97. The molecule has 1 aromatic rings. The topological polar surface area (TPSA) is 76.1 Å². The lowest BCUT2D eigenvalue weighted by atomic mass is 10.1. The van der Waals surface area contributed by atoms with Crippen molar-refractivity contribution in [3.8, 4) is 5.75 Å². The van der Waals surface area contributed by atoms with Gasteiger partial charge in [-0.3, -0.25) is 4.79 Å². The molecular weight excluding hydrogens is 286 g/mol. The zero-order valence-electron chi connectivity index (χ0n) is 12.7. The van der Waals surface area contributed by atoms with E-state index in [-0.39, 0.29) is 5.91 Å². The Morgan fingerprint density at radius 1 is 1.27 bits per heavy atom. The molecule has 0 unspecified atom stereocenters. The Kier molecular flexibility index (Phi) is 5.77. The van der Waals surface area contributed by atoms with Crippen LogP contribution in [0.1, 0.15) is 29.6 Å². The number of carboxylic acids is 1. The Morgan fingerprint density at radius 2 is 2.00 bits per heavy atom. The number of benzene rings is 1. The molecule has 0 spiro atoms. The molecule has 1 heterocycles. The van der Waals surface area contributed by atoms with Gasteiger partial charge in [0.1, 0.15) is 11.8 Å². The Balaban J connectivity index is 1.95. The third-order valence-corrected chi connectivity index (χ3v) is 3.66. The van der Waals surface area contributed by atoms with Gasteiger partial charge in [-0.2, -0.15) is 0 Å². The zero-order chi connectivity index (χ0) is 15.9. The van der Waals surface area contributed by atoms with Crippen LogP contribution < -0.4 is 4.74 Å². The first-order valence-electron chi connectivity index (χ1n) is 7.39. The molecule has 120 valence electrons. The van der Waals surface area contributed by atoms with Crippen LogP contribution in [0.5, 0.6) is 5.75 Å². The quantitative estimate of drug-likeness (QED) is 0.777. The number of likely N-dealkylation sites (tertiary alicyclic amines) is 1. The van der Waals surface area contributed by atoms with Gasteiger partial charge in [-0.25, -0.2) is 4.79 Å². The number of ether oxygens (including phenoxy) is 2. The van der Waals surface area contributed by atoms with Crippen LogP contribution in [0.25, 0.3) is 0 Å². The van der Waals surface area contributed by atoms with Crippen LogP contribution in [0, 0.1) is 0 Å². The van der Waals surface area contributed by atoms with Crippen molar-refractivity contribution < 1.29 is 24.2 Å². The van der Waals surface area contributed by atoms with E-state index in [0.29, 0.717) is 37.5 Å². The normalized spacial score (nSPS) is 17.5. The van der Waals surface area contributed by atoms with E-state index in [1.807, 2.05) is 0 Å². The van der Waals surface area contributed by atoms with E-state index in [1.165, 1.54) is 4.90 Å². The van der Waals surface area contributed by atoms with Crippen molar-refractivity contribution in [1.29, 1.82) is 0 Å². The third kappa shape index (κ3) is 3.98. The van der Waals surface area contributed by atoms with E-state index in [2.05, 4.69) is 0 Å². The van der Waals surface area contributed by atoms with Gasteiger partial charge in [0.25, 0.3) is 5.91 Å². The maximum Gasteiger partial charge on any atom is 0.326 e. The Morgan fingerprint density at radius 3 is 2.64 bits per heavy atom. The first-order chi connectivity index (χ1) is 10.6. The van der Waals surface area contributed by atoms with E-state index < -0.39 is 12.0 Å². The molecular formula is C16H21NO5. The molecule has 1 amide bonds. The van der Waals surface area contributed by atoms with Gasteiger partial charge in [0.05, 0.1) is 6.61 Å². The minimum atomic E-state index is -0.941. The van der Waals surface area contributed by atoms with Crippen LogP contribution >= 0.6 is 0 Å². The van der Waals surface area contributed by atoms with Crippen molar-refractivity contribution in [1.82, 2.24) is 4.90 Å². The standard InChI is InChI=1S/C16H21NO5/c1-21-10-3-11-22-13-7-5-12(6-8-13)15(18)17-9-2-4-14(17)16(19)20/h5-8,14H,2-4,9-11H2,1H3,(H,19,20)/t14-/m0/s1. The highest BCUT2D eigenvalue weighted by Crippen LogP contribution is 2.21. The molecule has 0 aromatic heterocycles. The SMILES string of the molecule is COCCCOc1ccc(C(=O)N2CCC[C@H]2C(=O)O)cc1. The maximum atomic E-state index is 12.4. The number of aliphatic carboxylic acids is 1. The number of methoxy groups -OCH3 is 1. The minimum absolute atomic E-state index is 0.240. The predicted octanol–water partition coefficient (Wildman–Crippen LogP) is 1.79. The molecule has 0 bridgehead atoms. The zero-order valence-corrected chi connectivity index (χ0v) is 12.7. The number of carboxylic acid groups (broad SMARTS) is 1. The van der Waals surface area contributed by atoms with Crippen LogP contribution in [0.3, 0.4) is 0 Å². The Labute approximate surface area is 129 Å². The van der Waals surface area contributed by atoms with Crippen molar-refractivity contribution in [2.45, 2.75) is 25.3 Å². The molecule has 1 aliphatic heterocycles. The second kappa shape index (κ2) is 7.79. The Bertz CT molecular complexity index is 514. The molecule has 1 fully saturated rings. The average molecular weight is 307 g/mol. The summed E-state index contributed by atoms with van der Waals surface area (Å²) in [4.78, 5) is 25.0. The summed E-state index contributed by atoms with van der Waals surface area (Å²) in [6, 6.07) is 6.09. The number of carbonyl (C=O) groups is 2.